The minimum atomic E-state index is 0.170. The van der Waals surface area contributed by atoms with Crippen LogP contribution in [0.25, 0.3) is 0 Å². The van der Waals surface area contributed by atoms with Gasteiger partial charge < -0.3 is 10.5 Å². The molecule has 0 fully saturated rings. The van der Waals surface area contributed by atoms with Crippen molar-refractivity contribution in [1.29, 1.82) is 0 Å². The Hall–Kier alpha value is -0.120. The monoisotopic (exact) mass is 244 g/mol. The van der Waals surface area contributed by atoms with Gasteiger partial charge in [-0.1, -0.05) is 26.7 Å². The quantitative estimate of drug-likeness (QED) is 0.642. The summed E-state index contributed by atoms with van der Waals surface area (Å²) in [5.74, 6) is 0. The van der Waals surface area contributed by atoms with Gasteiger partial charge >= 0.3 is 0 Å². The molecule has 0 heterocycles. The highest BCUT2D eigenvalue weighted by atomic mass is 16.5. The van der Waals surface area contributed by atoms with E-state index in [1.807, 2.05) is 0 Å². The van der Waals surface area contributed by atoms with Crippen LogP contribution in [0.2, 0.25) is 0 Å². The van der Waals surface area contributed by atoms with E-state index in [4.69, 9.17) is 10.5 Å². The molecule has 104 valence electrons. The molecule has 0 spiro atoms. The van der Waals surface area contributed by atoms with E-state index in [2.05, 4.69) is 39.6 Å². The van der Waals surface area contributed by atoms with E-state index in [9.17, 15) is 0 Å². The summed E-state index contributed by atoms with van der Waals surface area (Å²) in [7, 11) is 2.18. The van der Waals surface area contributed by atoms with Crippen LogP contribution in [0.3, 0.4) is 0 Å². The van der Waals surface area contributed by atoms with Crippen LogP contribution in [-0.2, 0) is 4.74 Å². The van der Waals surface area contributed by atoms with Crippen molar-refractivity contribution < 1.29 is 4.74 Å². The number of nitrogens with zero attached hydrogens (tertiary/aromatic N) is 1. The van der Waals surface area contributed by atoms with Gasteiger partial charge in [-0.3, -0.25) is 4.90 Å². The Morgan fingerprint density at radius 2 is 1.71 bits per heavy atom. The van der Waals surface area contributed by atoms with Crippen LogP contribution in [0, 0.1) is 0 Å². The molecule has 0 aromatic rings. The summed E-state index contributed by atoms with van der Waals surface area (Å²) in [6, 6.07) is 0. The number of hydrogen-bond donors (Lipinski definition) is 1. The Labute approximate surface area is 108 Å². The average molecular weight is 244 g/mol. The first-order valence-electron chi connectivity index (χ1n) is 7.05. The molecule has 0 rings (SSSR count). The summed E-state index contributed by atoms with van der Waals surface area (Å²) in [4.78, 5) is 2.41. The summed E-state index contributed by atoms with van der Waals surface area (Å²) in [6.07, 6.45) is 5.04. The van der Waals surface area contributed by atoms with Gasteiger partial charge in [0, 0.05) is 18.6 Å². The largest absolute Gasteiger partial charge is 0.377 e. The predicted octanol–water partition coefficient (Wildman–Crippen LogP) is 2.64. The van der Waals surface area contributed by atoms with E-state index < -0.39 is 0 Å². The van der Waals surface area contributed by atoms with Gasteiger partial charge in [-0.25, -0.2) is 0 Å². The zero-order chi connectivity index (χ0) is 13.3. The van der Waals surface area contributed by atoms with Crippen LogP contribution >= 0.6 is 0 Å². The molecule has 0 aliphatic rings. The maximum atomic E-state index is 6.03. The zero-order valence-corrected chi connectivity index (χ0v) is 12.5. The first-order valence-corrected chi connectivity index (χ1v) is 7.05. The van der Waals surface area contributed by atoms with Crippen molar-refractivity contribution in [3.63, 3.8) is 0 Å². The van der Waals surface area contributed by atoms with Crippen molar-refractivity contribution in [3.05, 3.63) is 0 Å². The molecule has 0 unspecified atom stereocenters. The van der Waals surface area contributed by atoms with Crippen LogP contribution in [0.1, 0.15) is 53.4 Å². The van der Waals surface area contributed by atoms with Crippen LogP contribution < -0.4 is 5.73 Å². The molecule has 0 aromatic heterocycles. The molecule has 0 bridgehead atoms. The van der Waals surface area contributed by atoms with Gasteiger partial charge in [0.1, 0.15) is 0 Å². The van der Waals surface area contributed by atoms with Crippen molar-refractivity contribution in [2.24, 2.45) is 5.73 Å². The Morgan fingerprint density at radius 1 is 1.18 bits per heavy atom. The smallest absolute Gasteiger partial charge is 0.0597 e. The summed E-state index contributed by atoms with van der Waals surface area (Å²) in [6.45, 7) is 11.1. The maximum absolute atomic E-state index is 6.03. The Bertz CT molecular complexity index is 177. The van der Waals surface area contributed by atoms with Gasteiger partial charge in [-0.05, 0) is 33.7 Å². The van der Waals surface area contributed by atoms with E-state index in [0.29, 0.717) is 6.10 Å². The average Bonchev–Trinajstić information content (AvgIpc) is 2.27. The zero-order valence-electron chi connectivity index (χ0n) is 12.5. The summed E-state index contributed by atoms with van der Waals surface area (Å²) in [5, 5.41) is 0. The molecule has 0 aliphatic carbocycles. The van der Waals surface area contributed by atoms with Crippen LogP contribution in [-0.4, -0.2) is 43.3 Å². The minimum Gasteiger partial charge on any atom is -0.377 e. The molecule has 0 saturated heterocycles. The van der Waals surface area contributed by atoms with Crippen LogP contribution in [0.4, 0.5) is 0 Å². The Morgan fingerprint density at radius 3 is 2.06 bits per heavy atom. The second-order valence-corrected chi connectivity index (χ2v) is 5.27. The highest BCUT2D eigenvalue weighted by Gasteiger charge is 2.30. The summed E-state index contributed by atoms with van der Waals surface area (Å²) in [5.41, 5.74) is 6.20. The van der Waals surface area contributed by atoms with Crippen molar-refractivity contribution in [2.45, 2.75) is 65.0 Å². The molecule has 17 heavy (non-hydrogen) atoms. The summed E-state index contributed by atoms with van der Waals surface area (Å²) >= 11 is 0. The van der Waals surface area contributed by atoms with Gasteiger partial charge in [-0.2, -0.15) is 0 Å². The lowest BCUT2D eigenvalue weighted by atomic mass is 9.87. The van der Waals surface area contributed by atoms with E-state index in [-0.39, 0.29) is 5.54 Å². The molecule has 0 aliphatic heterocycles. The van der Waals surface area contributed by atoms with Crippen molar-refractivity contribution in [3.8, 4) is 0 Å². The lowest BCUT2D eigenvalue weighted by Crippen LogP contribution is -2.53. The number of hydrogen-bond acceptors (Lipinski definition) is 3. The second-order valence-electron chi connectivity index (χ2n) is 5.27. The second kappa shape index (κ2) is 8.90. The Kier molecular flexibility index (Phi) is 8.83. The van der Waals surface area contributed by atoms with Crippen LogP contribution in [0.5, 0.6) is 0 Å². The number of likely N-dealkylation sites (N-methyl/N-ethyl adjacent to an activating group) is 1. The molecule has 3 heteroatoms. The molecule has 0 atom stereocenters. The van der Waals surface area contributed by atoms with Gasteiger partial charge in [0.15, 0.2) is 0 Å². The SMILES string of the molecule is CCCC(CN)(CCC)N(C)CCOC(C)C. The normalized spacial score (nSPS) is 12.7. The first kappa shape index (κ1) is 16.9. The molecular formula is C14H32N2O. The summed E-state index contributed by atoms with van der Waals surface area (Å²) < 4.78 is 5.63. The van der Waals surface area contributed by atoms with Gasteiger partial charge in [-0.15, -0.1) is 0 Å². The molecule has 3 nitrogen and oxygen atoms in total. The standard InChI is InChI=1S/C14H32N2O/c1-6-8-14(12-15,9-7-2)16(5)10-11-17-13(3)4/h13H,6-12,15H2,1-5H3. The topological polar surface area (TPSA) is 38.5 Å². The van der Waals surface area contributed by atoms with Crippen molar-refractivity contribution in [2.75, 3.05) is 26.7 Å². The molecule has 0 aromatic carbocycles. The lowest BCUT2D eigenvalue weighted by molar-refractivity contribution is 0.0284. The van der Waals surface area contributed by atoms with Crippen molar-refractivity contribution in [1.82, 2.24) is 4.90 Å². The highest BCUT2D eigenvalue weighted by molar-refractivity contribution is 4.89. The maximum Gasteiger partial charge on any atom is 0.0597 e. The molecule has 0 amide bonds. The van der Waals surface area contributed by atoms with Crippen molar-refractivity contribution >= 4 is 0 Å². The lowest BCUT2D eigenvalue weighted by Gasteiger charge is -2.41. The molecule has 2 N–H and O–H groups in total. The predicted molar refractivity (Wildman–Crippen MR) is 75.3 cm³/mol. The van der Waals surface area contributed by atoms with E-state index >= 15 is 0 Å². The van der Waals surface area contributed by atoms with E-state index in [1.165, 1.54) is 25.7 Å². The fraction of sp³-hybridized carbons (Fsp3) is 1.00. The number of ether oxygens (including phenoxy) is 1. The van der Waals surface area contributed by atoms with Crippen LogP contribution in [0.15, 0.2) is 0 Å². The number of nitrogens with two attached hydrogens (primary N) is 1. The highest BCUT2D eigenvalue weighted by Crippen LogP contribution is 2.25. The van der Waals surface area contributed by atoms with Gasteiger partial charge in [0.25, 0.3) is 0 Å². The third-order valence-corrected chi connectivity index (χ3v) is 3.50. The molecule has 0 radical (unpaired) electrons. The van der Waals surface area contributed by atoms with Gasteiger partial charge in [0.05, 0.1) is 12.7 Å². The third-order valence-electron chi connectivity index (χ3n) is 3.50. The van der Waals surface area contributed by atoms with E-state index in [1.54, 1.807) is 0 Å². The molecule has 0 saturated carbocycles. The molecular weight excluding hydrogens is 212 g/mol. The number of rotatable bonds is 10. The first-order chi connectivity index (χ1) is 8.02. The minimum absolute atomic E-state index is 0.170. The third kappa shape index (κ3) is 5.84. The van der Waals surface area contributed by atoms with E-state index in [0.717, 1.165) is 19.7 Å². The fourth-order valence-corrected chi connectivity index (χ4v) is 2.46. The van der Waals surface area contributed by atoms with Gasteiger partial charge in [0.2, 0.25) is 0 Å². The Balaban J connectivity index is 4.34. The fourth-order valence-electron chi connectivity index (χ4n) is 2.46.